The van der Waals surface area contributed by atoms with Crippen molar-refractivity contribution >= 4 is 39.5 Å². The Bertz CT molecular complexity index is 1950. The molecule has 17 nitrogen and oxygen atoms in total. The maximum atomic E-state index is 13.1. The van der Waals surface area contributed by atoms with Gasteiger partial charge in [-0.15, -0.1) is 0 Å². The molecule has 0 heterocycles. The van der Waals surface area contributed by atoms with Gasteiger partial charge in [-0.1, -0.05) is 310 Å². The second-order valence-electron chi connectivity index (χ2n) is 27.7. The Labute approximate surface area is 580 Å². The van der Waals surface area contributed by atoms with E-state index >= 15 is 0 Å². The Morgan fingerprint density at radius 2 is 0.621 bits per heavy atom. The number of aliphatic hydroxyl groups is 1. The van der Waals surface area contributed by atoms with Crippen LogP contribution in [0.3, 0.4) is 0 Å². The van der Waals surface area contributed by atoms with Crippen LogP contribution < -0.4 is 0 Å². The van der Waals surface area contributed by atoms with E-state index < -0.39 is 97.5 Å². The number of esters is 4. The van der Waals surface area contributed by atoms with Crippen LogP contribution in [0.5, 0.6) is 0 Å². The van der Waals surface area contributed by atoms with Gasteiger partial charge < -0.3 is 33.8 Å². The van der Waals surface area contributed by atoms with E-state index in [2.05, 4.69) is 72.8 Å². The van der Waals surface area contributed by atoms with Crippen LogP contribution in [0.15, 0.2) is 24.3 Å². The summed E-state index contributed by atoms with van der Waals surface area (Å²) in [5.41, 5.74) is 0. The monoisotopic (exact) mass is 1390 g/mol. The lowest BCUT2D eigenvalue weighted by atomic mass is 9.99. The zero-order chi connectivity index (χ0) is 70.1. The molecular weight excluding hydrogens is 1250 g/mol. The Morgan fingerprint density at radius 3 is 0.937 bits per heavy atom. The number of carbonyl (C=O) groups excluding carboxylic acids is 4. The van der Waals surface area contributed by atoms with Gasteiger partial charge in [-0.3, -0.25) is 37.3 Å². The van der Waals surface area contributed by atoms with Gasteiger partial charge in [0.25, 0.3) is 0 Å². The Hall–Kier alpha value is -2.46. The highest BCUT2D eigenvalue weighted by molar-refractivity contribution is 7.47. The molecule has 0 spiro atoms. The SMILES string of the molecule is CCCCCC/C=C\C=C/CCCCCCCC(=O)O[C@H](COC(=O)CCCCCCCCCCC(C)CC)COP(=O)(O)OCC(O)COP(=O)(O)OC[C@@H](COC(=O)CCCCCCCCCC(C)C)OC(=O)CCCCCCCCCCCCCCCCC(C)CC. The van der Waals surface area contributed by atoms with E-state index in [0.29, 0.717) is 31.6 Å². The zero-order valence-corrected chi connectivity index (χ0v) is 63.4. The zero-order valence-electron chi connectivity index (χ0n) is 61.6. The van der Waals surface area contributed by atoms with Crippen molar-refractivity contribution in [1.82, 2.24) is 0 Å². The summed E-state index contributed by atoms with van der Waals surface area (Å²) in [7, 11) is -9.93. The summed E-state index contributed by atoms with van der Waals surface area (Å²) in [6, 6.07) is 0. The molecular formula is C76H144O17P2. The molecule has 0 rings (SSSR count). The molecule has 5 unspecified atom stereocenters. The molecule has 19 heteroatoms. The van der Waals surface area contributed by atoms with E-state index in [0.717, 1.165) is 121 Å². The molecule has 95 heavy (non-hydrogen) atoms. The predicted octanol–water partition coefficient (Wildman–Crippen LogP) is 21.7. The van der Waals surface area contributed by atoms with Gasteiger partial charge in [0.2, 0.25) is 0 Å². The average Bonchev–Trinajstić information content (AvgIpc) is 2.47. The number of hydrogen-bond donors (Lipinski definition) is 3. The number of phosphoric ester groups is 2. The Kier molecular flexibility index (Phi) is 64.4. The van der Waals surface area contributed by atoms with Gasteiger partial charge in [-0.05, 0) is 69.1 Å². The van der Waals surface area contributed by atoms with Crippen LogP contribution in [0.2, 0.25) is 0 Å². The van der Waals surface area contributed by atoms with Gasteiger partial charge in [-0.25, -0.2) is 9.13 Å². The molecule has 0 saturated heterocycles. The van der Waals surface area contributed by atoms with Crippen molar-refractivity contribution < 1.29 is 80.2 Å². The van der Waals surface area contributed by atoms with Crippen LogP contribution >= 0.6 is 15.6 Å². The summed E-state index contributed by atoms with van der Waals surface area (Å²) >= 11 is 0. The highest BCUT2D eigenvalue weighted by atomic mass is 31.2. The van der Waals surface area contributed by atoms with E-state index in [9.17, 15) is 43.2 Å². The van der Waals surface area contributed by atoms with Crippen LogP contribution in [0.1, 0.15) is 363 Å². The highest BCUT2D eigenvalue weighted by Gasteiger charge is 2.30. The summed E-state index contributed by atoms with van der Waals surface area (Å²) < 4.78 is 68.5. The number of phosphoric acid groups is 2. The standard InChI is InChI=1S/C76H144O17P2/c1-8-11-12-13-14-15-16-17-18-22-25-28-37-45-52-59-75(80)92-71(63-86-73(78)57-50-43-36-31-30-35-42-49-56-69(7)10-3)65-90-94(82,83)88-61-70(77)62-89-95(84,85)91-66-72(64-87-74(79)58-51-44-39-32-33-40-47-54-67(4)5)93-76(81)60-53-46-38-29-26-23-20-19-21-24-27-34-41-48-55-68(6)9-2/h15-18,67-72,77H,8-14,19-66H2,1-7H3,(H,82,83)(H,84,85)/b16-15-,18-17-/t68?,69?,70?,71-,72-/m1/s1. The van der Waals surface area contributed by atoms with Gasteiger partial charge in [0.1, 0.15) is 19.3 Å². The fraction of sp³-hybridized carbons (Fsp3) is 0.895. The topological polar surface area (TPSA) is 237 Å². The quantitative estimate of drug-likeness (QED) is 0.0169. The summed E-state index contributed by atoms with van der Waals surface area (Å²) in [6.45, 7) is 11.8. The van der Waals surface area contributed by atoms with Gasteiger partial charge in [0.05, 0.1) is 26.4 Å². The first kappa shape index (κ1) is 92.5. The van der Waals surface area contributed by atoms with Crippen LogP contribution in [-0.4, -0.2) is 96.7 Å². The minimum Gasteiger partial charge on any atom is -0.462 e. The van der Waals surface area contributed by atoms with Crippen molar-refractivity contribution in [2.45, 2.75) is 381 Å². The third-order valence-electron chi connectivity index (χ3n) is 17.7. The molecule has 0 radical (unpaired) electrons. The van der Waals surface area contributed by atoms with Crippen LogP contribution in [0.4, 0.5) is 0 Å². The first-order valence-corrected chi connectivity index (χ1v) is 41.7. The van der Waals surface area contributed by atoms with E-state index in [1.807, 2.05) is 0 Å². The van der Waals surface area contributed by atoms with Crippen molar-refractivity contribution in [3.05, 3.63) is 24.3 Å². The van der Waals surface area contributed by atoms with E-state index in [-0.39, 0.29) is 25.7 Å². The van der Waals surface area contributed by atoms with E-state index in [1.54, 1.807) is 0 Å². The predicted molar refractivity (Wildman–Crippen MR) is 386 cm³/mol. The fourth-order valence-corrected chi connectivity index (χ4v) is 12.6. The lowest BCUT2D eigenvalue weighted by Crippen LogP contribution is -2.30. The lowest BCUT2D eigenvalue weighted by Gasteiger charge is -2.21. The first-order chi connectivity index (χ1) is 45.8. The van der Waals surface area contributed by atoms with E-state index in [1.165, 1.54) is 154 Å². The summed E-state index contributed by atoms with van der Waals surface area (Å²) in [5.74, 6) is 0.172. The molecule has 560 valence electrons. The second kappa shape index (κ2) is 66.1. The molecule has 0 aliphatic rings. The summed E-state index contributed by atoms with van der Waals surface area (Å²) in [4.78, 5) is 72.8. The summed E-state index contributed by atoms with van der Waals surface area (Å²) in [6.07, 6.45) is 54.9. The van der Waals surface area contributed by atoms with Crippen molar-refractivity contribution in [3.8, 4) is 0 Å². The van der Waals surface area contributed by atoms with Crippen molar-refractivity contribution in [1.29, 1.82) is 0 Å². The van der Waals surface area contributed by atoms with Crippen LogP contribution in [0, 0.1) is 17.8 Å². The summed E-state index contributed by atoms with van der Waals surface area (Å²) in [5, 5.41) is 10.6. The minimum atomic E-state index is -4.96. The number of carbonyl (C=O) groups is 4. The number of ether oxygens (including phenoxy) is 4. The molecule has 0 aromatic heterocycles. The lowest BCUT2D eigenvalue weighted by molar-refractivity contribution is -0.161. The molecule has 7 atom stereocenters. The van der Waals surface area contributed by atoms with Gasteiger partial charge >= 0.3 is 39.5 Å². The molecule has 0 bridgehead atoms. The number of hydrogen-bond acceptors (Lipinski definition) is 15. The van der Waals surface area contributed by atoms with Crippen molar-refractivity contribution in [2.24, 2.45) is 17.8 Å². The molecule has 0 aromatic rings. The second-order valence-corrected chi connectivity index (χ2v) is 30.6. The fourth-order valence-electron chi connectivity index (χ4n) is 11.0. The molecule has 0 saturated carbocycles. The van der Waals surface area contributed by atoms with Crippen LogP contribution in [-0.2, 0) is 65.4 Å². The third kappa shape index (κ3) is 67.2. The Morgan fingerprint density at radius 1 is 0.347 bits per heavy atom. The largest absolute Gasteiger partial charge is 0.472 e. The van der Waals surface area contributed by atoms with Gasteiger partial charge in [0, 0.05) is 25.7 Å². The Balaban J connectivity index is 5.28. The van der Waals surface area contributed by atoms with Gasteiger partial charge in [-0.2, -0.15) is 0 Å². The normalized spacial score (nSPS) is 14.8. The number of aliphatic hydroxyl groups excluding tert-OH is 1. The van der Waals surface area contributed by atoms with E-state index in [4.69, 9.17) is 37.0 Å². The number of unbranched alkanes of at least 4 members (excludes halogenated alkanes) is 35. The minimum absolute atomic E-state index is 0.0842. The third-order valence-corrected chi connectivity index (χ3v) is 19.6. The first-order valence-electron chi connectivity index (χ1n) is 38.7. The highest BCUT2D eigenvalue weighted by Crippen LogP contribution is 2.45. The molecule has 0 amide bonds. The smallest absolute Gasteiger partial charge is 0.462 e. The number of rotatable bonds is 72. The average molecular weight is 1390 g/mol. The number of allylic oxidation sites excluding steroid dienone is 4. The van der Waals surface area contributed by atoms with Gasteiger partial charge in [0.15, 0.2) is 12.2 Å². The molecule has 0 fully saturated rings. The molecule has 0 aliphatic carbocycles. The van der Waals surface area contributed by atoms with Crippen LogP contribution in [0.25, 0.3) is 0 Å². The molecule has 0 aromatic carbocycles. The maximum absolute atomic E-state index is 13.1. The molecule has 3 N–H and O–H groups in total. The van der Waals surface area contributed by atoms with Crippen molar-refractivity contribution in [2.75, 3.05) is 39.6 Å². The maximum Gasteiger partial charge on any atom is 0.472 e. The molecule has 0 aliphatic heterocycles. The van der Waals surface area contributed by atoms with Crippen molar-refractivity contribution in [3.63, 3.8) is 0 Å².